The van der Waals surface area contributed by atoms with Crippen molar-refractivity contribution in [1.29, 1.82) is 0 Å². The Morgan fingerprint density at radius 2 is 1.89 bits per heavy atom. The predicted octanol–water partition coefficient (Wildman–Crippen LogP) is 2.50. The molecule has 3 nitrogen and oxygen atoms in total. The first-order valence-corrected chi connectivity index (χ1v) is 5.49. The number of benzene rings is 1. The van der Waals surface area contributed by atoms with Gasteiger partial charge in [0, 0.05) is 18.0 Å². The first kappa shape index (κ1) is 13.2. The maximum Gasteiger partial charge on any atom is 0.416 e. The van der Waals surface area contributed by atoms with Crippen molar-refractivity contribution in [2.45, 2.75) is 12.7 Å². The molecule has 0 unspecified atom stereocenters. The van der Waals surface area contributed by atoms with E-state index < -0.39 is 11.7 Å². The highest BCUT2D eigenvalue weighted by molar-refractivity contribution is 5.46. The molecule has 0 fully saturated rings. The van der Waals surface area contributed by atoms with E-state index in [1.54, 1.807) is 6.07 Å². The van der Waals surface area contributed by atoms with Gasteiger partial charge in [-0.25, -0.2) is 0 Å². The molecular weight excluding hydrogens is 257 g/mol. The van der Waals surface area contributed by atoms with Gasteiger partial charge in [-0.1, -0.05) is 12.1 Å². The standard InChI is InChI=1S/C13H11F3N2O/c14-13(15,16)11-7-10(17)5-4-9(11)8-18-6-2-1-3-12(18)19/h1-7H,8,17H2. The molecule has 6 heteroatoms. The van der Waals surface area contributed by atoms with Crippen LogP contribution in [0.25, 0.3) is 0 Å². The molecule has 0 aliphatic rings. The molecule has 0 atom stereocenters. The van der Waals surface area contributed by atoms with Crippen molar-refractivity contribution >= 4 is 5.69 Å². The zero-order chi connectivity index (χ0) is 14.0. The normalized spacial score (nSPS) is 11.5. The number of nitrogens with zero attached hydrogens (tertiary/aromatic N) is 1. The third-order valence-electron chi connectivity index (χ3n) is 2.68. The van der Waals surface area contributed by atoms with Gasteiger partial charge in [-0.05, 0) is 23.8 Å². The van der Waals surface area contributed by atoms with Crippen molar-refractivity contribution in [3.05, 3.63) is 64.1 Å². The van der Waals surface area contributed by atoms with Gasteiger partial charge in [0.25, 0.3) is 5.56 Å². The summed E-state index contributed by atoms with van der Waals surface area (Å²) in [4.78, 5) is 11.5. The molecule has 0 saturated carbocycles. The van der Waals surface area contributed by atoms with E-state index in [-0.39, 0.29) is 23.4 Å². The molecule has 1 heterocycles. The monoisotopic (exact) mass is 268 g/mol. The number of pyridine rings is 1. The van der Waals surface area contributed by atoms with Crippen LogP contribution in [0.5, 0.6) is 0 Å². The Kier molecular flexibility index (Phi) is 3.33. The minimum absolute atomic E-state index is 0.00926. The quantitative estimate of drug-likeness (QED) is 0.851. The highest BCUT2D eigenvalue weighted by atomic mass is 19.4. The van der Waals surface area contributed by atoms with E-state index in [1.807, 2.05) is 0 Å². The molecule has 0 amide bonds. The van der Waals surface area contributed by atoms with E-state index in [9.17, 15) is 18.0 Å². The molecule has 1 aromatic carbocycles. The largest absolute Gasteiger partial charge is 0.416 e. The highest BCUT2D eigenvalue weighted by Crippen LogP contribution is 2.33. The van der Waals surface area contributed by atoms with Crippen LogP contribution >= 0.6 is 0 Å². The maximum atomic E-state index is 12.9. The van der Waals surface area contributed by atoms with Crippen LogP contribution in [-0.4, -0.2) is 4.57 Å². The molecule has 0 radical (unpaired) electrons. The SMILES string of the molecule is Nc1ccc(Cn2ccccc2=O)c(C(F)(F)F)c1. The Labute approximate surface area is 107 Å². The summed E-state index contributed by atoms with van der Waals surface area (Å²) >= 11 is 0. The third kappa shape index (κ3) is 2.96. The zero-order valence-electron chi connectivity index (χ0n) is 9.82. The second-order valence-electron chi connectivity index (χ2n) is 4.08. The van der Waals surface area contributed by atoms with Crippen LogP contribution in [0.2, 0.25) is 0 Å². The average molecular weight is 268 g/mol. The lowest BCUT2D eigenvalue weighted by Gasteiger charge is -2.14. The van der Waals surface area contributed by atoms with Crippen molar-refractivity contribution in [2.75, 3.05) is 5.73 Å². The van der Waals surface area contributed by atoms with Gasteiger partial charge < -0.3 is 10.3 Å². The highest BCUT2D eigenvalue weighted by Gasteiger charge is 2.33. The molecule has 0 saturated heterocycles. The Bertz CT molecular complexity index is 647. The number of rotatable bonds is 2. The maximum absolute atomic E-state index is 12.9. The molecule has 100 valence electrons. The van der Waals surface area contributed by atoms with Crippen molar-refractivity contribution < 1.29 is 13.2 Å². The smallest absolute Gasteiger partial charge is 0.399 e. The molecule has 2 N–H and O–H groups in total. The van der Waals surface area contributed by atoms with Crippen LogP contribution in [0.4, 0.5) is 18.9 Å². The van der Waals surface area contributed by atoms with Gasteiger partial charge in [-0.3, -0.25) is 4.79 Å². The summed E-state index contributed by atoms with van der Waals surface area (Å²) in [6, 6.07) is 7.97. The second-order valence-corrected chi connectivity index (χ2v) is 4.08. The number of hydrogen-bond donors (Lipinski definition) is 1. The van der Waals surface area contributed by atoms with E-state index in [2.05, 4.69) is 0 Å². The number of nitrogens with two attached hydrogens (primary N) is 1. The summed E-state index contributed by atoms with van der Waals surface area (Å²) < 4.78 is 39.9. The van der Waals surface area contributed by atoms with Gasteiger partial charge >= 0.3 is 6.18 Å². The summed E-state index contributed by atoms with van der Waals surface area (Å²) in [6.45, 7) is -0.144. The first-order chi connectivity index (χ1) is 8.88. The van der Waals surface area contributed by atoms with Gasteiger partial charge in [-0.2, -0.15) is 13.2 Å². The van der Waals surface area contributed by atoms with Gasteiger partial charge in [0.15, 0.2) is 0 Å². The summed E-state index contributed by atoms with van der Waals surface area (Å²) in [5.41, 5.74) is 4.26. The fourth-order valence-corrected chi connectivity index (χ4v) is 1.77. The van der Waals surface area contributed by atoms with E-state index in [4.69, 9.17) is 5.73 Å². The summed E-state index contributed by atoms with van der Waals surface area (Å²) in [5.74, 6) is 0. The molecule has 19 heavy (non-hydrogen) atoms. The van der Waals surface area contributed by atoms with Crippen molar-refractivity contribution in [3.63, 3.8) is 0 Å². The molecule has 0 aliphatic carbocycles. The summed E-state index contributed by atoms with van der Waals surface area (Å²) in [6.07, 6.45) is -3.05. The molecule has 1 aromatic heterocycles. The Morgan fingerprint density at radius 3 is 2.53 bits per heavy atom. The molecule has 0 spiro atoms. The van der Waals surface area contributed by atoms with Crippen molar-refractivity contribution in [3.8, 4) is 0 Å². The molecule has 2 aromatic rings. The number of nitrogen functional groups attached to an aromatic ring is 1. The van der Waals surface area contributed by atoms with E-state index in [0.29, 0.717) is 0 Å². The lowest BCUT2D eigenvalue weighted by molar-refractivity contribution is -0.138. The number of hydrogen-bond acceptors (Lipinski definition) is 2. The lowest BCUT2D eigenvalue weighted by Crippen LogP contribution is -2.20. The fraction of sp³-hybridized carbons (Fsp3) is 0.154. The number of anilines is 1. The van der Waals surface area contributed by atoms with Crippen LogP contribution in [0.1, 0.15) is 11.1 Å². The van der Waals surface area contributed by atoms with Crippen molar-refractivity contribution in [2.24, 2.45) is 0 Å². The first-order valence-electron chi connectivity index (χ1n) is 5.49. The minimum Gasteiger partial charge on any atom is -0.399 e. The van der Waals surface area contributed by atoms with E-state index >= 15 is 0 Å². The second kappa shape index (κ2) is 4.79. The Hall–Kier alpha value is -2.24. The van der Waals surface area contributed by atoms with Gasteiger partial charge in [0.1, 0.15) is 0 Å². The summed E-state index contributed by atoms with van der Waals surface area (Å²) in [5, 5.41) is 0. The number of halogens is 3. The zero-order valence-corrected chi connectivity index (χ0v) is 9.82. The van der Waals surface area contributed by atoms with Gasteiger partial charge in [-0.15, -0.1) is 0 Å². The Morgan fingerprint density at radius 1 is 1.16 bits per heavy atom. The minimum atomic E-state index is -4.50. The van der Waals surface area contributed by atoms with Crippen LogP contribution in [0, 0.1) is 0 Å². The number of alkyl halides is 3. The number of aromatic nitrogens is 1. The van der Waals surface area contributed by atoms with Crippen LogP contribution in [0.15, 0.2) is 47.4 Å². The molecular formula is C13H11F3N2O. The van der Waals surface area contributed by atoms with Crippen molar-refractivity contribution in [1.82, 2.24) is 4.57 Å². The van der Waals surface area contributed by atoms with Gasteiger partial charge in [0.2, 0.25) is 0 Å². The predicted molar refractivity (Wildman–Crippen MR) is 65.7 cm³/mol. The molecule has 0 aliphatic heterocycles. The molecule has 2 rings (SSSR count). The van der Waals surface area contributed by atoms with Crippen LogP contribution in [0.3, 0.4) is 0 Å². The average Bonchev–Trinajstić information content (AvgIpc) is 2.33. The Balaban J connectivity index is 2.47. The summed E-state index contributed by atoms with van der Waals surface area (Å²) in [7, 11) is 0. The van der Waals surface area contributed by atoms with Crippen LogP contribution in [-0.2, 0) is 12.7 Å². The van der Waals surface area contributed by atoms with Crippen LogP contribution < -0.4 is 11.3 Å². The fourth-order valence-electron chi connectivity index (χ4n) is 1.77. The molecule has 0 bridgehead atoms. The topological polar surface area (TPSA) is 48.0 Å². The lowest BCUT2D eigenvalue weighted by atomic mass is 10.1. The van der Waals surface area contributed by atoms with Gasteiger partial charge in [0.05, 0.1) is 12.1 Å². The third-order valence-corrected chi connectivity index (χ3v) is 2.68. The van der Waals surface area contributed by atoms with E-state index in [1.165, 1.54) is 35.0 Å². The van der Waals surface area contributed by atoms with E-state index in [0.717, 1.165) is 6.07 Å².